The van der Waals surface area contributed by atoms with E-state index in [0.717, 1.165) is 24.0 Å². The van der Waals surface area contributed by atoms with Gasteiger partial charge in [0.15, 0.2) is 0 Å². The molecule has 0 N–H and O–H groups in total. The van der Waals surface area contributed by atoms with E-state index in [1.165, 1.54) is 5.56 Å². The Labute approximate surface area is 142 Å². The normalized spacial score (nSPS) is 26.0. The van der Waals surface area contributed by atoms with Gasteiger partial charge in [-0.25, -0.2) is 0 Å². The second kappa shape index (κ2) is 5.99. The van der Waals surface area contributed by atoms with Gasteiger partial charge in [0.25, 0.3) is 10.1 Å². The Hall–Kier alpha value is -1.69. The van der Waals surface area contributed by atoms with E-state index >= 15 is 0 Å². The number of ether oxygens (including phenoxy) is 1. The summed E-state index contributed by atoms with van der Waals surface area (Å²) >= 11 is 0. The number of benzene rings is 2. The van der Waals surface area contributed by atoms with Crippen molar-refractivity contribution in [3.63, 3.8) is 0 Å². The molecule has 5 heteroatoms. The van der Waals surface area contributed by atoms with Crippen molar-refractivity contribution in [3.05, 3.63) is 65.2 Å². The largest absolute Gasteiger partial charge is 0.367 e. The molecule has 0 spiro atoms. The van der Waals surface area contributed by atoms with Gasteiger partial charge in [0.1, 0.15) is 12.2 Å². The fourth-order valence-electron chi connectivity index (χ4n) is 3.55. The highest BCUT2D eigenvalue weighted by atomic mass is 32.2. The van der Waals surface area contributed by atoms with Crippen molar-refractivity contribution in [1.82, 2.24) is 0 Å². The Morgan fingerprint density at radius 2 is 1.79 bits per heavy atom. The van der Waals surface area contributed by atoms with Crippen LogP contribution in [0.2, 0.25) is 0 Å². The van der Waals surface area contributed by atoms with Crippen LogP contribution in [0.1, 0.15) is 35.6 Å². The first kappa shape index (κ1) is 15.8. The minimum Gasteiger partial charge on any atom is -0.367 e. The zero-order valence-corrected chi connectivity index (χ0v) is 14.3. The summed E-state index contributed by atoms with van der Waals surface area (Å²) in [6, 6.07) is 14.8. The highest BCUT2D eigenvalue weighted by Gasteiger charge is 2.40. The van der Waals surface area contributed by atoms with Gasteiger partial charge >= 0.3 is 0 Å². The maximum atomic E-state index is 12.6. The van der Waals surface area contributed by atoms with Crippen LogP contribution in [-0.2, 0) is 25.5 Å². The van der Waals surface area contributed by atoms with E-state index < -0.39 is 16.2 Å². The van der Waals surface area contributed by atoms with E-state index in [0.29, 0.717) is 6.42 Å². The number of fused-ring (bicyclic) bond motifs is 4. The smallest absolute Gasteiger partial charge is 0.297 e. The molecule has 2 aromatic carbocycles. The van der Waals surface area contributed by atoms with Crippen LogP contribution in [0.25, 0.3) is 0 Å². The summed E-state index contributed by atoms with van der Waals surface area (Å²) in [4.78, 5) is 0.194. The van der Waals surface area contributed by atoms with Crippen molar-refractivity contribution in [2.75, 3.05) is 0 Å². The van der Waals surface area contributed by atoms with Crippen LogP contribution in [0.15, 0.2) is 53.4 Å². The summed E-state index contributed by atoms with van der Waals surface area (Å²) in [5, 5.41) is 0. The van der Waals surface area contributed by atoms with Gasteiger partial charge in [-0.3, -0.25) is 4.18 Å². The van der Waals surface area contributed by atoms with Gasteiger partial charge in [-0.2, -0.15) is 8.42 Å². The van der Waals surface area contributed by atoms with E-state index in [2.05, 4.69) is 6.07 Å². The summed E-state index contributed by atoms with van der Waals surface area (Å²) < 4.78 is 36.9. The number of aryl methyl sites for hydroxylation is 1. The first-order chi connectivity index (χ1) is 11.5. The summed E-state index contributed by atoms with van der Waals surface area (Å²) in [6.45, 7) is 1.92. The van der Waals surface area contributed by atoms with Crippen molar-refractivity contribution >= 4 is 10.1 Å². The summed E-state index contributed by atoms with van der Waals surface area (Å²) in [6.07, 6.45) is 1.77. The molecule has 4 nitrogen and oxygen atoms in total. The summed E-state index contributed by atoms with van der Waals surface area (Å²) in [7, 11) is -3.80. The molecular formula is C19H20O4S. The molecule has 1 saturated heterocycles. The Balaban J connectivity index is 1.62. The van der Waals surface area contributed by atoms with Crippen LogP contribution in [0.5, 0.6) is 0 Å². The Bertz CT molecular complexity index is 842. The Morgan fingerprint density at radius 1 is 1.04 bits per heavy atom. The lowest BCUT2D eigenvalue weighted by Crippen LogP contribution is -2.40. The van der Waals surface area contributed by atoms with E-state index in [1.54, 1.807) is 24.3 Å². The fourth-order valence-corrected chi connectivity index (χ4v) is 4.66. The zero-order chi connectivity index (χ0) is 16.7. The van der Waals surface area contributed by atoms with Crippen LogP contribution in [-0.4, -0.2) is 20.6 Å². The number of hydrogen-bond donors (Lipinski definition) is 0. The van der Waals surface area contributed by atoms with Crippen molar-refractivity contribution in [2.45, 2.75) is 49.4 Å². The number of rotatable bonds is 3. The van der Waals surface area contributed by atoms with Gasteiger partial charge in [-0.05, 0) is 49.4 Å². The molecular weight excluding hydrogens is 324 g/mol. The van der Waals surface area contributed by atoms with Gasteiger partial charge in [-0.1, -0.05) is 42.0 Å². The van der Waals surface area contributed by atoms with Gasteiger partial charge < -0.3 is 4.74 Å². The lowest BCUT2D eigenvalue weighted by atomic mass is 9.85. The molecule has 0 unspecified atom stereocenters. The van der Waals surface area contributed by atoms with Crippen molar-refractivity contribution in [3.8, 4) is 0 Å². The molecule has 4 rings (SSSR count). The lowest BCUT2D eigenvalue weighted by molar-refractivity contribution is -0.118. The van der Waals surface area contributed by atoms with E-state index in [4.69, 9.17) is 8.92 Å². The molecule has 2 aliphatic heterocycles. The predicted molar refractivity (Wildman–Crippen MR) is 90.2 cm³/mol. The quantitative estimate of drug-likeness (QED) is 0.799. The standard InChI is InChI=1S/C19H20O4S/c1-13-6-9-16(10-7-13)24(20,21)23-18-11-8-15-12-14-4-2-3-5-17(14)19(18)22-15/h2-7,9-10,15,18-19H,8,11-12H2,1H3/t15-,18-,19-/m0/s1. The molecule has 3 atom stereocenters. The van der Waals surface area contributed by atoms with Gasteiger partial charge in [0.05, 0.1) is 11.0 Å². The Morgan fingerprint density at radius 3 is 2.58 bits per heavy atom. The van der Waals surface area contributed by atoms with Gasteiger partial charge in [0, 0.05) is 0 Å². The fraction of sp³-hybridized carbons (Fsp3) is 0.368. The lowest BCUT2D eigenvalue weighted by Gasteiger charge is -2.41. The molecule has 0 aromatic heterocycles. The molecule has 0 radical (unpaired) electrons. The van der Waals surface area contributed by atoms with Crippen LogP contribution in [0.3, 0.4) is 0 Å². The molecule has 2 aliphatic rings. The molecule has 0 saturated carbocycles. The van der Waals surface area contributed by atoms with Crippen LogP contribution in [0.4, 0.5) is 0 Å². The second-order valence-electron chi connectivity index (χ2n) is 6.56. The molecule has 24 heavy (non-hydrogen) atoms. The third kappa shape index (κ3) is 2.88. The van der Waals surface area contributed by atoms with Crippen LogP contribution >= 0.6 is 0 Å². The second-order valence-corrected chi connectivity index (χ2v) is 8.13. The summed E-state index contributed by atoms with van der Waals surface area (Å²) in [5.41, 5.74) is 3.30. The SMILES string of the molecule is Cc1ccc(S(=O)(=O)O[C@H]2CC[C@H]3Cc4ccccc4[C@@H]2O3)cc1. The average molecular weight is 344 g/mol. The molecule has 2 heterocycles. The summed E-state index contributed by atoms with van der Waals surface area (Å²) in [5.74, 6) is 0. The van der Waals surface area contributed by atoms with Crippen LogP contribution < -0.4 is 0 Å². The monoisotopic (exact) mass is 344 g/mol. The third-order valence-electron chi connectivity index (χ3n) is 4.82. The molecule has 2 aromatic rings. The average Bonchev–Trinajstić information content (AvgIpc) is 2.58. The minimum atomic E-state index is -3.80. The first-order valence-electron chi connectivity index (χ1n) is 8.26. The van der Waals surface area contributed by atoms with Gasteiger partial charge in [0.2, 0.25) is 0 Å². The van der Waals surface area contributed by atoms with E-state index in [9.17, 15) is 8.42 Å². The molecule has 1 fully saturated rings. The predicted octanol–water partition coefficient (Wildman–Crippen LogP) is 3.55. The molecule has 2 bridgehead atoms. The van der Waals surface area contributed by atoms with Gasteiger partial charge in [-0.15, -0.1) is 0 Å². The van der Waals surface area contributed by atoms with Crippen LogP contribution in [0, 0.1) is 6.92 Å². The highest BCUT2D eigenvalue weighted by molar-refractivity contribution is 7.86. The highest BCUT2D eigenvalue weighted by Crippen LogP contribution is 2.41. The van der Waals surface area contributed by atoms with E-state index in [1.807, 2.05) is 25.1 Å². The third-order valence-corrected chi connectivity index (χ3v) is 6.17. The molecule has 0 aliphatic carbocycles. The van der Waals surface area contributed by atoms with Crippen molar-refractivity contribution in [2.24, 2.45) is 0 Å². The molecule has 0 amide bonds. The minimum absolute atomic E-state index is 0.159. The maximum Gasteiger partial charge on any atom is 0.297 e. The van der Waals surface area contributed by atoms with Crippen molar-refractivity contribution < 1.29 is 17.3 Å². The zero-order valence-electron chi connectivity index (χ0n) is 13.5. The maximum absolute atomic E-state index is 12.6. The molecule has 126 valence electrons. The first-order valence-corrected chi connectivity index (χ1v) is 9.67. The van der Waals surface area contributed by atoms with Crippen molar-refractivity contribution in [1.29, 1.82) is 0 Å². The number of hydrogen-bond acceptors (Lipinski definition) is 4. The Kier molecular flexibility index (Phi) is 3.95. The topological polar surface area (TPSA) is 52.6 Å². The van der Waals surface area contributed by atoms with E-state index in [-0.39, 0.29) is 17.1 Å².